The molecule has 5 nitrogen and oxygen atoms in total. The Morgan fingerprint density at radius 2 is 1.81 bits per heavy atom. The first-order valence-electron chi connectivity index (χ1n) is 8.07. The molecule has 0 aliphatic heterocycles. The Hall–Kier alpha value is -2.96. The number of benzene rings is 2. The van der Waals surface area contributed by atoms with Crippen molar-refractivity contribution in [1.82, 2.24) is 10.2 Å². The Bertz CT molecular complexity index is 953. The first-order chi connectivity index (χ1) is 13.2. The molecule has 3 rings (SSSR count). The average Bonchev–Trinajstić information content (AvgIpc) is 3.19. The third-order valence-electron chi connectivity index (χ3n) is 3.40. The SMILES string of the molecule is C=CCOc1ccc(/C=C(\Cl)c2nnc(C(=O)Nc3ccccc3)s2)cc1. The molecule has 27 heavy (non-hydrogen) atoms. The largest absolute Gasteiger partial charge is 0.490 e. The summed E-state index contributed by atoms with van der Waals surface area (Å²) in [6, 6.07) is 16.6. The third-order valence-corrected chi connectivity index (χ3v) is 4.75. The molecule has 136 valence electrons. The van der Waals surface area contributed by atoms with Crippen LogP contribution in [0.25, 0.3) is 11.1 Å². The van der Waals surface area contributed by atoms with E-state index in [-0.39, 0.29) is 10.9 Å². The van der Waals surface area contributed by atoms with Crippen molar-refractivity contribution in [2.45, 2.75) is 0 Å². The fraction of sp³-hybridized carbons (Fsp3) is 0.0500. The Morgan fingerprint density at radius 1 is 1.11 bits per heavy atom. The van der Waals surface area contributed by atoms with Crippen molar-refractivity contribution in [3.05, 3.63) is 82.8 Å². The summed E-state index contributed by atoms with van der Waals surface area (Å²) < 4.78 is 5.44. The normalized spacial score (nSPS) is 11.1. The quantitative estimate of drug-likeness (QED) is 0.564. The second-order valence-electron chi connectivity index (χ2n) is 5.39. The van der Waals surface area contributed by atoms with Crippen molar-refractivity contribution in [2.24, 2.45) is 0 Å². The molecule has 0 aliphatic carbocycles. The number of ether oxygens (including phenoxy) is 1. The van der Waals surface area contributed by atoms with Gasteiger partial charge in [-0.3, -0.25) is 4.79 Å². The van der Waals surface area contributed by atoms with Gasteiger partial charge in [0.05, 0.1) is 5.03 Å². The van der Waals surface area contributed by atoms with Gasteiger partial charge in [-0.1, -0.05) is 65.9 Å². The number of anilines is 1. The highest BCUT2D eigenvalue weighted by atomic mass is 35.5. The molecule has 7 heteroatoms. The molecule has 1 N–H and O–H groups in total. The van der Waals surface area contributed by atoms with Gasteiger partial charge in [-0.25, -0.2) is 0 Å². The monoisotopic (exact) mass is 397 g/mol. The number of hydrogen-bond acceptors (Lipinski definition) is 5. The number of amides is 1. The second-order valence-corrected chi connectivity index (χ2v) is 6.78. The summed E-state index contributed by atoms with van der Waals surface area (Å²) in [7, 11) is 0. The first kappa shape index (κ1) is 18.8. The van der Waals surface area contributed by atoms with E-state index in [1.807, 2.05) is 42.5 Å². The standard InChI is InChI=1S/C20H16ClN3O2S/c1-2-12-26-16-10-8-14(9-11-16)13-17(21)19-23-24-20(27-19)18(25)22-15-6-4-3-5-7-15/h2-11,13H,1,12H2,(H,22,25)/b17-13-. The average molecular weight is 398 g/mol. The Kier molecular flexibility index (Phi) is 6.35. The van der Waals surface area contributed by atoms with Crippen LogP contribution in [-0.4, -0.2) is 22.7 Å². The number of carbonyl (C=O) groups is 1. The Labute approximate surface area is 166 Å². The van der Waals surface area contributed by atoms with Gasteiger partial charge in [0.2, 0.25) is 5.01 Å². The second kappa shape index (κ2) is 9.12. The van der Waals surface area contributed by atoms with E-state index in [1.165, 1.54) is 0 Å². The lowest BCUT2D eigenvalue weighted by Crippen LogP contribution is -2.11. The van der Waals surface area contributed by atoms with Crippen molar-refractivity contribution >= 4 is 45.6 Å². The lowest BCUT2D eigenvalue weighted by molar-refractivity contribution is 0.102. The number of rotatable bonds is 7. The van der Waals surface area contributed by atoms with Crippen LogP contribution < -0.4 is 10.1 Å². The summed E-state index contributed by atoms with van der Waals surface area (Å²) in [5.74, 6) is 0.428. The molecular formula is C20H16ClN3O2S. The van der Waals surface area contributed by atoms with Crippen molar-refractivity contribution in [3.8, 4) is 5.75 Å². The van der Waals surface area contributed by atoms with Gasteiger partial charge in [0.25, 0.3) is 5.91 Å². The summed E-state index contributed by atoms with van der Waals surface area (Å²) in [6.07, 6.45) is 3.45. The van der Waals surface area contributed by atoms with E-state index < -0.39 is 0 Å². The summed E-state index contributed by atoms with van der Waals surface area (Å²) in [5.41, 5.74) is 1.58. The van der Waals surface area contributed by atoms with Crippen molar-refractivity contribution in [1.29, 1.82) is 0 Å². The molecule has 0 saturated carbocycles. The number of para-hydroxylation sites is 1. The number of halogens is 1. The molecule has 0 aliphatic rings. The molecule has 0 radical (unpaired) electrons. The highest BCUT2D eigenvalue weighted by molar-refractivity contribution is 7.15. The van der Waals surface area contributed by atoms with Gasteiger partial charge in [-0.2, -0.15) is 0 Å². The maximum atomic E-state index is 12.2. The Morgan fingerprint density at radius 3 is 2.52 bits per heavy atom. The molecular weight excluding hydrogens is 382 g/mol. The van der Waals surface area contributed by atoms with Gasteiger partial charge in [0.1, 0.15) is 12.4 Å². The van der Waals surface area contributed by atoms with E-state index in [9.17, 15) is 4.79 Å². The number of nitrogens with zero attached hydrogens (tertiary/aromatic N) is 2. The third kappa shape index (κ3) is 5.26. The van der Waals surface area contributed by atoms with Crippen molar-refractivity contribution < 1.29 is 9.53 Å². The zero-order chi connectivity index (χ0) is 19.1. The number of aromatic nitrogens is 2. The van der Waals surface area contributed by atoms with Gasteiger partial charge in [0, 0.05) is 5.69 Å². The topological polar surface area (TPSA) is 64.1 Å². The number of nitrogens with one attached hydrogen (secondary N) is 1. The van der Waals surface area contributed by atoms with E-state index in [1.54, 1.807) is 24.3 Å². The van der Waals surface area contributed by atoms with Gasteiger partial charge in [0.15, 0.2) is 5.01 Å². The molecule has 0 unspecified atom stereocenters. The molecule has 0 atom stereocenters. The van der Waals surface area contributed by atoms with E-state index in [4.69, 9.17) is 16.3 Å². The van der Waals surface area contributed by atoms with E-state index in [2.05, 4.69) is 22.1 Å². The number of hydrogen-bond donors (Lipinski definition) is 1. The lowest BCUT2D eigenvalue weighted by Gasteiger charge is -2.03. The van der Waals surface area contributed by atoms with Crippen LogP contribution in [0.15, 0.2) is 67.3 Å². The van der Waals surface area contributed by atoms with Crippen LogP contribution >= 0.6 is 22.9 Å². The molecule has 1 amide bonds. The molecule has 1 heterocycles. The van der Waals surface area contributed by atoms with E-state index in [0.717, 1.165) is 22.6 Å². The fourth-order valence-corrected chi connectivity index (χ4v) is 3.07. The minimum atomic E-state index is -0.321. The number of carbonyl (C=O) groups excluding carboxylic acids is 1. The van der Waals surface area contributed by atoms with E-state index >= 15 is 0 Å². The van der Waals surface area contributed by atoms with Gasteiger partial charge in [-0.15, -0.1) is 10.2 Å². The first-order valence-corrected chi connectivity index (χ1v) is 9.26. The summed E-state index contributed by atoms with van der Waals surface area (Å²) >= 11 is 7.47. The maximum Gasteiger partial charge on any atom is 0.286 e. The molecule has 0 saturated heterocycles. The zero-order valence-corrected chi connectivity index (χ0v) is 15.8. The zero-order valence-electron chi connectivity index (χ0n) is 14.3. The summed E-state index contributed by atoms with van der Waals surface area (Å²) in [5, 5.41) is 11.8. The Balaban J connectivity index is 1.68. The highest BCUT2D eigenvalue weighted by Gasteiger charge is 2.14. The van der Waals surface area contributed by atoms with Crippen LogP contribution in [-0.2, 0) is 0 Å². The molecule has 0 fully saturated rings. The van der Waals surface area contributed by atoms with E-state index in [0.29, 0.717) is 22.3 Å². The lowest BCUT2D eigenvalue weighted by atomic mass is 10.2. The molecule has 1 aromatic heterocycles. The smallest absolute Gasteiger partial charge is 0.286 e. The summed E-state index contributed by atoms with van der Waals surface area (Å²) in [4.78, 5) is 12.2. The predicted molar refractivity (Wildman–Crippen MR) is 110 cm³/mol. The van der Waals surface area contributed by atoms with Crippen molar-refractivity contribution in [3.63, 3.8) is 0 Å². The summed E-state index contributed by atoms with van der Waals surface area (Å²) in [6.45, 7) is 4.06. The predicted octanol–water partition coefficient (Wildman–Crippen LogP) is 5.09. The molecule has 0 spiro atoms. The van der Waals surface area contributed by atoms with Crippen LogP contribution in [0.5, 0.6) is 5.75 Å². The van der Waals surface area contributed by atoms with Crippen LogP contribution in [0.2, 0.25) is 0 Å². The molecule has 3 aromatic rings. The van der Waals surface area contributed by atoms with Crippen molar-refractivity contribution in [2.75, 3.05) is 11.9 Å². The van der Waals surface area contributed by atoms with Gasteiger partial charge >= 0.3 is 0 Å². The highest BCUT2D eigenvalue weighted by Crippen LogP contribution is 2.26. The van der Waals surface area contributed by atoms with Crippen LogP contribution in [0.3, 0.4) is 0 Å². The minimum absolute atomic E-state index is 0.244. The van der Waals surface area contributed by atoms with Gasteiger partial charge in [-0.05, 0) is 35.9 Å². The van der Waals surface area contributed by atoms with Crippen LogP contribution in [0.1, 0.15) is 20.4 Å². The maximum absolute atomic E-state index is 12.2. The van der Waals surface area contributed by atoms with Crippen LogP contribution in [0.4, 0.5) is 5.69 Å². The molecule has 2 aromatic carbocycles. The van der Waals surface area contributed by atoms with Gasteiger partial charge < -0.3 is 10.1 Å². The fourth-order valence-electron chi connectivity index (χ4n) is 2.14. The van der Waals surface area contributed by atoms with Crippen LogP contribution in [0, 0.1) is 0 Å². The molecule has 0 bridgehead atoms. The minimum Gasteiger partial charge on any atom is -0.490 e.